The molecule has 4 rings (SSSR count). The molecule has 0 saturated carbocycles. The Balaban J connectivity index is 1.60. The maximum Gasteiger partial charge on any atom is 0.307 e. The first kappa shape index (κ1) is 21.6. The van der Waals surface area contributed by atoms with Gasteiger partial charge in [0, 0.05) is 54.8 Å². The van der Waals surface area contributed by atoms with Gasteiger partial charge < -0.3 is 14.4 Å². The van der Waals surface area contributed by atoms with Gasteiger partial charge in [-0.3, -0.25) is 9.36 Å². The van der Waals surface area contributed by atoms with Crippen LogP contribution in [-0.4, -0.2) is 49.6 Å². The molecule has 0 unspecified atom stereocenters. The van der Waals surface area contributed by atoms with Crippen LogP contribution in [0.5, 0.6) is 0 Å². The number of likely N-dealkylation sites (tertiary alicyclic amines) is 1. The third-order valence-electron chi connectivity index (χ3n) is 5.58. The summed E-state index contributed by atoms with van der Waals surface area (Å²) >= 11 is 6.06. The number of piperidine rings is 1. The van der Waals surface area contributed by atoms with Gasteiger partial charge in [0.25, 0.3) is 0 Å². The van der Waals surface area contributed by atoms with E-state index in [2.05, 4.69) is 18.8 Å². The summed E-state index contributed by atoms with van der Waals surface area (Å²) in [5.41, 5.74) is 1.59. The molecule has 0 atom stereocenters. The zero-order valence-electron chi connectivity index (χ0n) is 17.8. The Bertz CT molecular complexity index is 1030. The SMILES string of the molecule is CC(C)c1nccn1-c1nc(-c2ccc(Cl)cc2)c(CCC(=O)N2CCC(O)CC2)o1. The van der Waals surface area contributed by atoms with Crippen LogP contribution in [0.2, 0.25) is 5.02 Å². The van der Waals surface area contributed by atoms with Crippen LogP contribution in [0.1, 0.15) is 50.6 Å². The quantitative estimate of drug-likeness (QED) is 0.617. The summed E-state index contributed by atoms with van der Waals surface area (Å²) < 4.78 is 8.01. The number of aliphatic hydroxyl groups is 1. The lowest BCUT2D eigenvalue weighted by Gasteiger charge is -2.29. The van der Waals surface area contributed by atoms with Crippen molar-refractivity contribution in [3.8, 4) is 17.3 Å². The van der Waals surface area contributed by atoms with Crippen LogP contribution < -0.4 is 0 Å². The van der Waals surface area contributed by atoms with E-state index in [4.69, 9.17) is 21.0 Å². The highest BCUT2D eigenvalue weighted by atomic mass is 35.5. The molecular weight excluding hydrogens is 416 g/mol. The number of carbonyl (C=O) groups is 1. The molecule has 3 aromatic rings. The summed E-state index contributed by atoms with van der Waals surface area (Å²) in [6.07, 6.45) is 5.29. The van der Waals surface area contributed by atoms with Crippen molar-refractivity contribution in [3.05, 3.63) is 53.3 Å². The molecule has 1 aromatic carbocycles. The van der Waals surface area contributed by atoms with Crippen molar-refractivity contribution in [2.24, 2.45) is 0 Å². The fourth-order valence-corrected chi connectivity index (χ4v) is 3.97. The zero-order chi connectivity index (χ0) is 22.0. The van der Waals surface area contributed by atoms with E-state index in [0.717, 1.165) is 11.4 Å². The van der Waals surface area contributed by atoms with E-state index in [1.165, 1.54) is 0 Å². The predicted molar refractivity (Wildman–Crippen MR) is 118 cm³/mol. The molecule has 1 N–H and O–H groups in total. The Labute approximate surface area is 186 Å². The van der Waals surface area contributed by atoms with E-state index < -0.39 is 0 Å². The summed E-state index contributed by atoms with van der Waals surface area (Å²) in [7, 11) is 0. The molecule has 1 saturated heterocycles. The monoisotopic (exact) mass is 442 g/mol. The van der Waals surface area contributed by atoms with E-state index >= 15 is 0 Å². The van der Waals surface area contributed by atoms with E-state index in [1.807, 2.05) is 39.9 Å². The summed E-state index contributed by atoms with van der Waals surface area (Å²) in [4.78, 5) is 23.7. The van der Waals surface area contributed by atoms with Crippen LogP contribution in [0.15, 0.2) is 41.1 Å². The predicted octanol–water partition coefficient (Wildman–Crippen LogP) is 4.22. The van der Waals surface area contributed by atoms with Crippen molar-refractivity contribution in [2.75, 3.05) is 13.1 Å². The highest BCUT2D eigenvalue weighted by molar-refractivity contribution is 6.30. The Morgan fingerprint density at radius 1 is 1.26 bits per heavy atom. The molecule has 0 bridgehead atoms. The Hall–Kier alpha value is -2.64. The van der Waals surface area contributed by atoms with Crippen molar-refractivity contribution in [2.45, 2.75) is 51.6 Å². The van der Waals surface area contributed by atoms with Gasteiger partial charge in [-0.15, -0.1) is 0 Å². The van der Waals surface area contributed by atoms with Gasteiger partial charge in [0.1, 0.15) is 17.3 Å². The van der Waals surface area contributed by atoms with Crippen LogP contribution in [0.4, 0.5) is 0 Å². The highest BCUT2D eigenvalue weighted by Crippen LogP contribution is 2.29. The van der Waals surface area contributed by atoms with E-state index in [-0.39, 0.29) is 17.9 Å². The number of aryl methyl sites for hydroxylation is 1. The van der Waals surface area contributed by atoms with Crippen molar-refractivity contribution in [3.63, 3.8) is 0 Å². The number of carbonyl (C=O) groups excluding carboxylic acids is 1. The first-order chi connectivity index (χ1) is 14.9. The van der Waals surface area contributed by atoms with Crippen LogP contribution in [0, 0.1) is 0 Å². The van der Waals surface area contributed by atoms with Crippen molar-refractivity contribution < 1.29 is 14.3 Å². The molecular formula is C23H27ClN4O3. The van der Waals surface area contributed by atoms with E-state index in [0.29, 0.717) is 61.3 Å². The van der Waals surface area contributed by atoms with Crippen molar-refractivity contribution >= 4 is 17.5 Å². The standard InChI is InChI=1S/C23H27ClN4O3/c1-15(2)22-25-11-14-28(22)23-26-21(16-3-5-17(24)6-4-16)19(31-23)7-8-20(30)27-12-9-18(29)10-13-27/h3-6,11,14-15,18,29H,7-10,12-13H2,1-2H3. The fourth-order valence-electron chi connectivity index (χ4n) is 3.84. The van der Waals surface area contributed by atoms with Gasteiger partial charge in [-0.2, -0.15) is 4.98 Å². The van der Waals surface area contributed by atoms with Crippen LogP contribution in [0.3, 0.4) is 0 Å². The van der Waals surface area contributed by atoms with Gasteiger partial charge in [0.15, 0.2) is 0 Å². The first-order valence-electron chi connectivity index (χ1n) is 10.7. The average Bonchev–Trinajstić information content (AvgIpc) is 3.40. The zero-order valence-corrected chi connectivity index (χ0v) is 18.5. The molecule has 1 fully saturated rings. The fraction of sp³-hybridized carbons (Fsp3) is 0.435. The lowest BCUT2D eigenvalue weighted by molar-refractivity contribution is -0.133. The average molecular weight is 443 g/mol. The molecule has 164 valence electrons. The molecule has 0 spiro atoms. The summed E-state index contributed by atoms with van der Waals surface area (Å²) in [5.74, 6) is 1.79. The number of hydrogen-bond donors (Lipinski definition) is 1. The maximum absolute atomic E-state index is 12.7. The van der Waals surface area contributed by atoms with Gasteiger partial charge in [-0.1, -0.05) is 37.6 Å². The minimum Gasteiger partial charge on any atom is -0.427 e. The van der Waals surface area contributed by atoms with Crippen molar-refractivity contribution in [1.82, 2.24) is 19.4 Å². The second-order valence-corrected chi connectivity index (χ2v) is 8.63. The third kappa shape index (κ3) is 4.83. The molecule has 7 nitrogen and oxygen atoms in total. The van der Waals surface area contributed by atoms with Crippen molar-refractivity contribution in [1.29, 1.82) is 0 Å². The molecule has 2 aromatic heterocycles. The molecule has 1 aliphatic rings. The van der Waals surface area contributed by atoms with E-state index in [9.17, 15) is 9.90 Å². The second-order valence-electron chi connectivity index (χ2n) is 8.20. The number of benzene rings is 1. The lowest BCUT2D eigenvalue weighted by atomic mass is 10.1. The topological polar surface area (TPSA) is 84.4 Å². The van der Waals surface area contributed by atoms with Gasteiger partial charge in [-0.25, -0.2) is 4.98 Å². The van der Waals surface area contributed by atoms with Crippen LogP contribution in [-0.2, 0) is 11.2 Å². The van der Waals surface area contributed by atoms with Gasteiger partial charge in [-0.05, 0) is 25.0 Å². The summed E-state index contributed by atoms with van der Waals surface area (Å²) in [6, 6.07) is 7.87. The number of hydrogen-bond acceptors (Lipinski definition) is 5. The number of amides is 1. The molecule has 8 heteroatoms. The van der Waals surface area contributed by atoms with Gasteiger partial charge >= 0.3 is 6.01 Å². The Morgan fingerprint density at radius 2 is 1.97 bits per heavy atom. The first-order valence-corrected chi connectivity index (χ1v) is 11.0. The summed E-state index contributed by atoms with van der Waals surface area (Å²) in [5, 5.41) is 10.3. The molecule has 0 aliphatic carbocycles. The minimum absolute atomic E-state index is 0.0670. The maximum atomic E-state index is 12.7. The number of oxazole rings is 1. The molecule has 31 heavy (non-hydrogen) atoms. The number of rotatable bonds is 6. The van der Waals surface area contributed by atoms with Gasteiger partial charge in [0.05, 0.1) is 6.10 Å². The second kappa shape index (κ2) is 9.24. The van der Waals surface area contributed by atoms with E-state index in [1.54, 1.807) is 6.20 Å². The third-order valence-corrected chi connectivity index (χ3v) is 5.83. The smallest absolute Gasteiger partial charge is 0.307 e. The Morgan fingerprint density at radius 3 is 2.65 bits per heavy atom. The lowest BCUT2D eigenvalue weighted by Crippen LogP contribution is -2.40. The number of aliphatic hydroxyl groups excluding tert-OH is 1. The number of aromatic nitrogens is 3. The molecule has 1 aliphatic heterocycles. The number of halogens is 1. The van der Waals surface area contributed by atoms with Gasteiger partial charge in [0.2, 0.25) is 5.91 Å². The largest absolute Gasteiger partial charge is 0.427 e. The molecule has 0 radical (unpaired) electrons. The van der Waals surface area contributed by atoms with Crippen LogP contribution >= 0.6 is 11.6 Å². The molecule has 3 heterocycles. The number of nitrogens with zero attached hydrogens (tertiary/aromatic N) is 4. The normalized spacial score (nSPS) is 15.1. The minimum atomic E-state index is -0.303. The van der Waals surface area contributed by atoms with Crippen LogP contribution in [0.25, 0.3) is 17.3 Å². The number of imidazole rings is 1. The molecule has 1 amide bonds. The highest BCUT2D eigenvalue weighted by Gasteiger charge is 2.24. The Kier molecular flexibility index (Phi) is 6.43. The summed E-state index contributed by atoms with van der Waals surface area (Å²) in [6.45, 7) is 5.32.